The lowest BCUT2D eigenvalue weighted by Gasteiger charge is -2.08. The highest BCUT2D eigenvalue weighted by atomic mass is 35.5. The van der Waals surface area contributed by atoms with Crippen LogP contribution in [0.15, 0.2) is 16.2 Å². The van der Waals surface area contributed by atoms with Crippen LogP contribution in [0.3, 0.4) is 0 Å². The molecule has 0 spiro atoms. The fourth-order valence-corrected chi connectivity index (χ4v) is 3.03. The van der Waals surface area contributed by atoms with Crippen LogP contribution in [0.1, 0.15) is 28.5 Å². The molecule has 0 bridgehead atoms. The molecule has 0 N–H and O–H groups in total. The van der Waals surface area contributed by atoms with Crippen LogP contribution in [0, 0.1) is 13.8 Å². The van der Waals surface area contributed by atoms with Gasteiger partial charge in [0.2, 0.25) is 0 Å². The molecule has 0 aliphatic carbocycles. The van der Waals surface area contributed by atoms with E-state index < -0.39 is 0 Å². The van der Waals surface area contributed by atoms with Crippen LogP contribution < -0.4 is 5.69 Å². The first-order valence-electron chi connectivity index (χ1n) is 6.14. The van der Waals surface area contributed by atoms with Crippen LogP contribution in [-0.2, 0) is 18.8 Å². The molecular formula is C13H16ClN3OS. The highest BCUT2D eigenvalue weighted by molar-refractivity contribution is 7.09. The van der Waals surface area contributed by atoms with Crippen LogP contribution >= 0.6 is 22.9 Å². The molecule has 0 amide bonds. The first kappa shape index (κ1) is 14.2. The van der Waals surface area contributed by atoms with E-state index in [0.29, 0.717) is 12.4 Å². The number of halogens is 1. The van der Waals surface area contributed by atoms with Gasteiger partial charge in [-0.3, -0.25) is 4.57 Å². The van der Waals surface area contributed by atoms with Gasteiger partial charge in [0.15, 0.2) is 0 Å². The van der Waals surface area contributed by atoms with Crippen molar-refractivity contribution in [2.24, 2.45) is 0 Å². The third-order valence-corrected chi connectivity index (χ3v) is 4.09. The Labute approximate surface area is 121 Å². The standard InChI is InChI=1S/C13H16ClN3OS/c1-9-6-10(2)17(13(18)15-9)5-3-4-12-16-11(7-14)8-19-12/h6,8H,3-5,7H2,1-2H3. The maximum Gasteiger partial charge on any atom is 0.347 e. The molecule has 0 aliphatic heterocycles. The largest absolute Gasteiger partial charge is 0.347 e. The second kappa shape index (κ2) is 6.30. The fraction of sp³-hybridized carbons (Fsp3) is 0.462. The van der Waals surface area contributed by atoms with Crippen LogP contribution in [0.4, 0.5) is 0 Å². The average Bonchev–Trinajstić information content (AvgIpc) is 2.80. The Morgan fingerprint density at radius 2 is 2.16 bits per heavy atom. The first-order chi connectivity index (χ1) is 9.10. The summed E-state index contributed by atoms with van der Waals surface area (Å²) in [6.07, 6.45) is 1.74. The summed E-state index contributed by atoms with van der Waals surface area (Å²) in [5, 5.41) is 3.05. The van der Waals surface area contributed by atoms with E-state index >= 15 is 0 Å². The summed E-state index contributed by atoms with van der Waals surface area (Å²) < 4.78 is 1.71. The normalized spacial score (nSPS) is 10.9. The van der Waals surface area contributed by atoms with Gasteiger partial charge in [-0.25, -0.2) is 9.78 Å². The third-order valence-electron chi connectivity index (χ3n) is 2.86. The number of thiazole rings is 1. The summed E-state index contributed by atoms with van der Waals surface area (Å²) in [6.45, 7) is 4.45. The van der Waals surface area contributed by atoms with Crippen molar-refractivity contribution in [3.8, 4) is 0 Å². The smallest absolute Gasteiger partial charge is 0.297 e. The van der Waals surface area contributed by atoms with Crippen molar-refractivity contribution in [1.82, 2.24) is 14.5 Å². The minimum atomic E-state index is -0.168. The predicted octanol–water partition coefficient (Wildman–Crippen LogP) is 2.69. The number of hydrogen-bond acceptors (Lipinski definition) is 4. The van der Waals surface area contributed by atoms with Crippen molar-refractivity contribution in [2.75, 3.05) is 0 Å². The highest BCUT2D eigenvalue weighted by Gasteiger charge is 2.05. The predicted molar refractivity (Wildman–Crippen MR) is 78.0 cm³/mol. The average molecular weight is 298 g/mol. The number of nitrogens with zero attached hydrogens (tertiary/aromatic N) is 3. The summed E-state index contributed by atoms with van der Waals surface area (Å²) in [7, 11) is 0. The Hall–Kier alpha value is -1.20. The number of aromatic nitrogens is 3. The minimum Gasteiger partial charge on any atom is -0.297 e. The molecule has 6 heteroatoms. The van der Waals surface area contributed by atoms with Crippen molar-refractivity contribution in [3.05, 3.63) is 44.0 Å². The van der Waals surface area contributed by atoms with Gasteiger partial charge in [-0.1, -0.05) is 0 Å². The molecule has 4 nitrogen and oxygen atoms in total. The molecule has 0 unspecified atom stereocenters. The zero-order valence-corrected chi connectivity index (χ0v) is 12.6. The van der Waals surface area contributed by atoms with E-state index in [1.54, 1.807) is 15.9 Å². The molecule has 2 rings (SSSR count). The van der Waals surface area contributed by atoms with Gasteiger partial charge in [0.05, 0.1) is 16.6 Å². The van der Waals surface area contributed by atoms with Gasteiger partial charge in [-0.2, -0.15) is 4.98 Å². The first-order valence-corrected chi connectivity index (χ1v) is 7.56. The second-order valence-electron chi connectivity index (χ2n) is 4.44. The van der Waals surface area contributed by atoms with Crippen LogP contribution in [0.25, 0.3) is 0 Å². The second-order valence-corrected chi connectivity index (χ2v) is 5.65. The van der Waals surface area contributed by atoms with E-state index in [9.17, 15) is 4.79 Å². The summed E-state index contributed by atoms with van der Waals surface area (Å²) in [5.74, 6) is 0.455. The van der Waals surface area contributed by atoms with Crippen molar-refractivity contribution < 1.29 is 0 Å². The Morgan fingerprint density at radius 1 is 1.37 bits per heavy atom. The maximum absolute atomic E-state index is 11.8. The van der Waals surface area contributed by atoms with Crippen molar-refractivity contribution in [3.63, 3.8) is 0 Å². The van der Waals surface area contributed by atoms with Crippen molar-refractivity contribution >= 4 is 22.9 Å². The lowest BCUT2D eigenvalue weighted by Crippen LogP contribution is -2.25. The van der Waals surface area contributed by atoms with E-state index in [1.165, 1.54) is 0 Å². The number of alkyl halides is 1. The summed E-state index contributed by atoms with van der Waals surface area (Å²) in [6, 6.07) is 1.93. The van der Waals surface area contributed by atoms with Crippen LogP contribution in [-0.4, -0.2) is 14.5 Å². The lowest BCUT2D eigenvalue weighted by molar-refractivity contribution is 0.588. The Morgan fingerprint density at radius 3 is 2.79 bits per heavy atom. The van der Waals surface area contributed by atoms with E-state index in [0.717, 1.165) is 34.9 Å². The quantitative estimate of drug-likeness (QED) is 0.797. The van der Waals surface area contributed by atoms with Crippen LogP contribution in [0.2, 0.25) is 0 Å². The minimum absolute atomic E-state index is 0.168. The molecule has 0 aromatic carbocycles. The summed E-state index contributed by atoms with van der Waals surface area (Å²) in [5.41, 5.74) is 2.48. The molecule has 0 atom stereocenters. The van der Waals surface area contributed by atoms with Gasteiger partial charge in [0.25, 0.3) is 0 Å². The van der Waals surface area contributed by atoms with E-state index in [2.05, 4.69) is 9.97 Å². The summed E-state index contributed by atoms with van der Waals surface area (Å²) >= 11 is 7.34. The highest BCUT2D eigenvalue weighted by Crippen LogP contribution is 2.13. The molecule has 0 aliphatic rings. The van der Waals surface area contributed by atoms with E-state index in [1.807, 2.05) is 25.3 Å². The summed E-state index contributed by atoms with van der Waals surface area (Å²) in [4.78, 5) is 20.1. The molecule has 2 heterocycles. The Bertz CT molecular complexity index is 621. The molecular weight excluding hydrogens is 282 g/mol. The third kappa shape index (κ3) is 3.64. The number of rotatable bonds is 5. The molecule has 0 saturated carbocycles. The Kier molecular flexibility index (Phi) is 4.71. The van der Waals surface area contributed by atoms with E-state index in [-0.39, 0.29) is 5.69 Å². The van der Waals surface area contributed by atoms with Crippen molar-refractivity contribution in [2.45, 2.75) is 39.1 Å². The molecule has 0 saturated heterocycles. The number of aryl methyl sites for hydroxylation is 3. The van der Waals surface area contributed by atoms with Crippen molar-refractivity contribution in [1.29, 1.82) is 0 Å². The SMILES string of the molecule is Cc1cc(C)n(CCCc2nc(CCl)cs2)c(=O)n1. The van der Waals surface area contributed by atoms with Gasteiger partial charge in [0, 0.05) is 29.7 Å². The zero-order valence-electron chi connectivity index (χ0n) is 11.0. The van der Waals surface area contributed by atoms with Gasteiger partial charge in [-0.15, -0.1) is 22.9 Å². The van der Waals surface area contributed by atoms with Gasteiger partial charge in [0.1, 0.15) is 0 Å². The van der Waals surface area contributed by atoms with E-state index in [4.69, 9.17) is 11.6 Å². The van der Waals surface area contributed by atoms with Gasteiger partial charge < -0.3 is 0 Å². The Balaban J connectivity index is 1.98. The van der Waals surface area contributed by atoms with Gasteiger partial charge >= 0.3 is 5.69 Å². The van der Waals surface area contributed by atoms with Crippen LogP contribution in [0.5, 0.6) is 0 Å². The molecule has 0 fully saturated rings. The maximum atomic E-state index is 11.8. The lowest BCUT2D eigenvalue weighted by atomic mass is 10.3. The monoisotopic (exact) mass is 297 g/mol. The van der Waals surface area contributed by atoms with Gasteiger partial charge in [-0.05, 0) is 26.3 Å². The zero-order chi connectivity index (χ0) is 13.8. The molecule has 19 heavy (non-hydrogen) atoms. The molecule has 0 radical (unpaired) electrons. The molecule has 2 aromatic rings. The molecule has 102 valence electrons. The number of hydrogen-bond donors (Lipinski definition) is 0. The molecule has 2 aromatic heterocycles. The topological polar surface area (TPSA) is 47.8 Å². The fourth-order valence-electron chi connectivity index (χ4n) is 1.96.